The molecule has 0 amide bonds. The fourth-order valence-corrected chi connectivity index (χ4v) is 4.66. The van der Waals surface area contributed by atoms with Crippen molar-refractivity contribution in [1.29, 1.82) is 0 Å². The second-order valence-corrected chi connectivity index (χ2v) is 9.55. The number of ether oxygens (including phenoxy) is 2. The summed E-state index contributed by atoms with van der Waals surface area (Å²) in [6.45, 7) is 1.89. The molecule has 0 aliphatic carbocycles. The van der Waals surface area contributed by atoms with Gasteiger partial charge in [0, 0.05) is 43.0 Å². The Hall–Kier alpha value is -4.45. The summed E-state index contributed by atoms with van der Waals surface area (Å²) >= 11 is 0. The summed E-state index contributed by atoms with van der Waals surface area (Å²) < 4.78 is 57.3. The molecule has 2 aromatic carbocycles. The average molecular weight is 536 g/mol. The monoisotopic (exact) mass is 535 g/mol. The summed E-state index contributed by atoms with van der Waals surface area (Å²) in [4.78, 5) is 14.2. The molecule has 6 rings (SSSR count). The Morgan fingerprint density at radius 1 is 1.03 bits per heavy atom. The van der Waals surface area contributed by atoms with Gasteiger partial charge in [-0.05, 0) is 43.8 Å². The first-order chi connectivity index (χ1) is 18.7. The van der Waals surface area contributed by atoms with Gasteiger partial charge in [-0.15, -0.1) is 0 Å². The lowest BCUT2D eigenvalue weighted by atomic mass is 10.0. The molecule has 1 aliphatic heterocycles. The van der Waals surface area contributed by atoms with Crippen molar-refractivity contribution in [3.63, 3.8) is 0 Å². The van der Waals surface area contributed by atoms with Gasteiger partial charge in [0.2, 0.25) is 0 Å². The summed E-state index contributed by atoms with van der Waals surface area (Å²) in [6, 6.07) is 11.3. The Bertz CT molecular complexity index is 1680. The number of piperidine rings is 1. The number of benzene rings is 2. The maximum atomic E-state index is 14.7. The molecule has 1 atom stereocenters. The van der Waals surface area contributed by atoms with Crippen molar-refractivity contribution in [3.05, 3.63) is 72.7 Å². The number of aromatic nitrogens is 5. The van der Waals surface area contributed by atoms with E-state index in [1.807, 2.05) is 13.0 Å². The van der Waals surface area contributed by atoms with Gasteiger partial charge in [-0.25, -0.2) is 32.6 Å². The molecule has 0 radical (unpaired) electrons. The van der Waals surface area contributed by atoms with Crippen LogP contribution in [-0.4, -0.2) is 61.6 Å². The largest absolute Gasteiger partial charge is 0.483 e. The molecule has 39 heavy (non-hydrogen) atoms. The maximum absolute atomic E-state index is 14.7. The van der Waals surface area contributed by atoms with E-state index in [4.69, 9.17) is 9.47 Å². The number of nitrogens with zero attached hydrogens (tertiary/aromatic N) is 6. The van der Waals surface area contributed by atoms with Gasteiger partial charge >= 0.3 is 0 Å². The van der Waals surface area contributed by atoms with Gasteiger partial charge in [0.05, 0.1) is 17.4 Å². The van der Waals surface area contributed by atoms with Crippen LogP contribution in [0.1, 0.15) is 12.0 Å². The molecule has 3 aromatic heterocycles. The first kappa shape index (κ1) is 24.9. The number of aryl methyl sites for hydroxylation is 1. The van der Waals surface area contributed by atoms with Crippen LogP contribution >= 0.6 is 0 Å². The van der Waals surface area contributed by atoms with E-state index in [2.05, 4.69) is 25.4 Å². The van der Waals surface area contributed by atoms with Crippen LogP contribution in [0.2, 0.25) is 0 Å². The lowest BCUT2D eigenvalue weighted by molar-refractivity contribution is -0.134. The van der Waals surface area contributed by atoms with Gasteiger partial charge in [-0.1, -0.05) is 0 Å². The number of alkyl halides is 2. The first-order valence-corrected chi connectivity index (χ1v) is 12.3. The van der Waals surface area contributed by atoms with Gasteiger partial charge in [-0.3, -0.25) is 0 Å². The molecule has 200 valence electrons. The zero-order chi connectivity index (χ0) is 27.1. The van der Waals surface area contributed by atoms with Crippen LogP contribution in [0, 0.1) is 12.7 Å². The van der Waals surface area contributed by atoms with Crippen molar-refractivity contribution in [2.75, 3.05) is 25.5 Å². The second kappa shape index (κ2) is 9.70. The molecule has 9 nitrogen and oxygen atoms in total. The molecule has 0 saturated carbocycles. The van der Waals surface area contributed by atoms with Crippen LogP contribution in [0.3, 0.4) is 0 Å². The summed E-state index contributed by atoms with van der Waals surface area (Å²) in [5.41, 5.74) is 2.38. The van der Waals surface area contributed by atoms with Crippen LogP contribution in [0.5, 0.6) is 17.2 Å². The average Bonchev–Trinajstić information content (AvgIpc) is 3.35. The number of rotatable bonds is 6. The highest BCUT2D eigenvalue weighted by atomic mass is 19.3. The van der Waals surface area contributed by atoms with Gasteiger partial charge in [0.15, 0.2) is 11.8 Å². The van der Waals surface area contributed by atoms with E-state index >= 15 is 0 Å². The number of pyridine rings is 1. The number of anilines is 2. The molecule has 1 saturated heterocycles. The zero-order valence-corrected chi connectivity index (χ0v) is 21.1. The van der Waals surface area contributed by atoms with Gasteiger partial charge in [0.25, 0.3) is 5.92 Å². The van der Waals surface area contributed by atoms with Crippen LogP contribution in [0.4, 0.5) is 24.7 Å². The smallest absolute Gasteiger partial charge is 0.296 e. The minimum absolute atomic E-state index is 0.0390. The van der Waals surface area contributed by atoms with E-state index in [1.165, 1.54) is 18.7 Å². The quantitative estimate of drug-likeness (QED) is 0.310. The number of nitrogens with one attached hydrogen (secondary N) is 1. The molecule has 4 heterocycles. The standard InChI is InChI=1S/C27H24F3N7O2/c1-16-9-18(3-4-21(16)38-19-5-8-37-24(12-19)32-15-34-37)35-26-25-20(31-14-33-26)10-17(28)11-22(25)39-23-6-7-36(2)13-27(23,29)30/h3-5,8-12,14-15,23H,6-7,13H2,1-2H3,(H,31,33,35)/t23-/m1/s1. The van der Waals surface area contributed by atoms with E-state index in [9.17, 15) is 13.2 Å². The molecule has 0 unspecified atom stereocenters. The van der Waals surface area contributed by atoms with Crippen molar-refractivity contribution < 1.29 is 22.6 Å². The number of hydrogen-bond acceptors (Lipinski definition) is 8. The predicted octanol–water partition coefficient (Wildman–Crippen LogP) is 5.37. The Morgan fingerprint density at radius 2 is 1.90 bits per heavy atom. The van der Waals surface area contributed by atoms with E-state index in [1.54, 1.807) is 46.9 Å². The third-order valence-corrected chi connectivity index (χ3v) is 6.58. The second-order valence-electron chi connectivity index (χ2n) is 9.55. The number of halogens is 3. The van der Waals surface area contributed by atoms with Crippen molar-refractivity contribution in [1.82, 2.24) is 29.5 Å². The number of likely N-dealkylation sites (tertiary alicyclic amines) is 1. The summed E-state index contributed by atoms with van der Waals surface area (Å²) in [6.07, 6.45) is 3.20. The van der Waals surface area contributed by atoms with Crippen molar-refractivity contribution in [3.8, 4) is 17.2 Å². The summed E-state index contributed by atoms with van der Waals surface area (Å²) in [7, 11) is 1.63. The molecular weight excluding hydrogens is 511 g/mol. The lowest BCUT2D eigenvalue weighted by Crippen LogP contribution is -2.52. The SMILES string of the molecule is Cc1cc(Nc2ncnc3cc(F)cc(O[C@@H]4CCN(C)CC4(F)F)c23)ccc1Oc1ccn2ncnc2c1. The molecule has 5 aromatic rings. The molecule has 1 N–H and O–H groups in total. The van der Waals surface area contributed by atoms with E-state index < -0.39 is 24.4 Å². The van der Waals surface area contributed by atoms with Gasteiger partial charge < -0.3 is 19.7 Å². The highest BCUT2D eigenvalue weighted by Gasteiger charge is 2.45. The normalized spacial score (nSPS) is 17.4. The van der Waals surface area contributed by atoms with Crippen LogP contribution < -0.4 is 14.8 Å². The van der Waals surface area contributed by atoms with Crippen molar-refractivity contribution >= 4 is 28.1 Å². The Kier molecular flexibility index (Phi) is 6.18. The zero-order valence-electron chi connectivity index (χ0n) is 21.1. The van der Waals surface area contributed by atoms with Crippen LogP contribution in [0.15, 0.2) is 61.3 Å². The first-order valence-electron chi connectivity index (χ1n) is 12.3. The minimum atomic E-state index is -3.10. The minimum Gasteiger partial charge on any atom is -0.483 e. The van der Waals surface area contributed by atoms with Crippen LogP contribution in [-0.2, 0) is 0 Å². The molecule has 1 fully saturated rings. The molecule has 1 aliphatic rings. The third kappa shape index (κ3) is 5.02. The Morgan fingerprint density at radius 3 is 2.72 bits per heavy atom. The maximum Gasteiger partial charge on any atom is 0.296 e. The highest BCUT2D eigenvalue weighted by Crippen LogP contribution is 2.37. The molecule has 0 spiro atoms. The summed E-state index contributed by atoms with van der Waals surface area (Å²) in [5, 5.41) is 7.58. The topological polar surface area (TPSA) is 89.7 Å². The van der Waals surface area contributed by atoms with Gasteiger partial charge in [0.1, 0.15) is 41.5 Å². The summed E-state index contributed by atoms with van der Waals surface area (Å²) in [5.74, 6) is -2.23. The van der Waals surface area contributed by atoms with E-state index in [0.29, 0.717) is 40.6 Å². The Balaban J connectivity index is 1.28. The lowest BCUT2D eigenvalue weighted by Gasteiger charge is -2.36. The Labute approximate surface area is 221 Å². The predicted molar refractivity (Wildman–Crippen MR) is 138 cm³/mol. The third-order valence-electron chi connectivity index (χ3n) is 6.58. The fourth-order valence-electron chi connectivity index (χ4n) is 4.66. The van der Waals surface area contributed by atoms with Crippen LogP contribution in [0.25, 0.3) is 16.6 Å². The highest BCUT2D eigenvalue weighted by molar-refractivity contribution is 5.96. The molecule has 12 heteroatoms. The number of fused-ring (bicyclic) bond motifs is 2. The van der Waals surface area contributed by atoms with E-state index in [-0.39, 0.29) is 17.7 Å². The fraction of sp³-hybridized carbons (Fsp3) is 0.259. The molecule has 0 bridgehead atoms. The number of hydrogen-bond donors (Lipinski definition) is 1. The van der Waals surface area contributed by atoms with E-state index in [0.717, 1.165) is 11.6 Å². The van der Waals surface area contributed by atoms with Gasteiger partial charge in [-0.2, -0.15) is 5.10 Å². The van der Waals surface area contributed by atoms with Crippen molar-refractivity contribution in [2.45, 2.75) is 25.4 Å². The molecular formula is C27H24F3N7O2. The van der Waals surface area contributed by atoms with Crippen molar-refractivity contribution in [2.24, 2.45) is 0 Å².